The predicted octanol–water partition coefficient (Wildman–Crippen LogP) is 1.93. The maximum absolute atomic E-state index is 11.9. The molecular weight excluding hydrogens is 541 g/mol. The molecule has 4 N–H and O–H groups in total. The number of aliphatic imine (C=N–C) groups is 1. The van der Waals surface area contributed by atoms with E-state index in [9.17, 15) is 13.2 Å². The van der Waals surface area contributed by atoms with E-state index in [-0.39, 0.29) is 47.9 Å². The second kappa shape index (κ2) is 12.1. The van der Waals surface area contributed by atoms with Crippen LogP contribution in [0.25, 0.3) is 0 Å². The largest absolute Gasteiger partial charge is 0.352 e. The minimum absolute atomic E-state index is 0. The van der Waals surface area contributed by atoms with Crippen molar-refractivity contribution in [3.05, 3.63) is 64.7 Å². The number of sulfonamides is 1. The van der Waals surface area contributed by atoms with E-state index in [0.29, 0.717) is 17.5 Å². The molecule has 0 spiro atoms. The smallest absolute Gasteiger partial charge is 0.241 e. The lowest BCUT2D eigenvalue weighted by atomic mass is 10.2. The van der Waals surface area contributed by atoms with Gasteiger partial charge in [-0.3, -0.25) is 4.79 Å². The van der Waals surface area contributed by atoms with Crippen LogP contribution in [0.15, 0.2) is 58.4 Å². The molecule has 2 aromatic rings. The standard InChI is InChI=1S/C19H24ClN5O3S.HI/c1-25(2)18(26)13-24-19(23-12-15-5-3-4-6-17(15)20)22-11-14-7-9-16(10-8-14)29(21,27)28;/h3-10H,11-13H2,1-2H3,(H2,21,27,28)(H2,22,23,24);1H. The number of rotatable bonds is 7. The SMILES string of the molecule is CN(C)C(=O)CNC(=NCc1ccc(S(N)(=O)=O)cc1)NCc1ccccc1Cl.I. The average Bonchev–Trinajstić information content (AvgIpc) is 2.67. The van der Waals surface area contributed by atoms with E-state index in [0.717, 1.165) is 11.1 Å². The first kappa shape index (κ1) is 26.1. The van der Waals surface area contributed by atoms with Gasteiger partial charge in [0.1, 0.15) is 0 Å². The number of nitrogens with two attached hydrogens (primary N) is 1. The molecule has 0 aliphatic heterocycles. The van der Waals surface area contributed by atoms with Crippen LogP contribution in [0, 0.1) is 0 Å². The van der Waals surface area contributed by atoms with Crippen molar-refractivity contribution in [1.82, 2.24) is 15.5 Å². The Kier molecular flexibility index (Phi) is 10.5. The van der Waals surface area contributed by atoms with Crippen molar-refractivity contribution in [2.24, 2.45) is 10.1 Å². The lowest BCUT2D eigenvalue weighted by Crippen LogP contribution is -2.42. The normalized spacial score (nSPS) is 11.4. The van der Waals surface area contributed by atoms with Gasteiger partial charge in [-0.05, 0) is 29.3 Å². The highest BCUT2D eigenvalue weighted by molar-refractivity contribution is 14.0. The Labute approximate surface area is 199 Å². The third-order valence-electron chi connectivity index (χ3n) is 3.98. The van der Waals surface area contributed by atoms with Crippen molar-refractivity contribution < 1.29 is 13.2 Å². The van der Waals surface area contributed by atoms with Gasteiger partial charge in [-0.2, -0.15) is 0 Å². The van der Waals surface area contributed by atoms with Crippen LogP contribution in [0.1, 0.15) is 11.1 Å². The fraction of sp³-hybridized carbons (Fsp3) is 0.263. The average molecular weight is 566 g/mol. The zero-order valence-corrected chi connectivity index (χ0v) is 20.5. The molecule has 1 amide bonds. The van der Waals surface area contributed by atoms with Crippen molar-refractivity contribution in [2.45, 2.75) is 18.0 Å². The molecule has 0 bridgehead atoms. The van der Waals surface area contributed by atoms with E-state index >= 15 is 0 Å². The van der Waals surface area contributed by atoms with Gasteiger partial charge < -0.3 is 15.5 Å². The molecule has 0 saturated carbocycles. The van der Waals surface area contributed by atoms with Gasteiger partial charge in [0.25, 0.3) is 0 Å². The molecule has 2 aromatic carbocycles. The van der Waals surface area contributed by atoms with Crippen LogP contribution < -0.4 is 15.8 Å². The van der Waals surface area contributed by atoms with Crippen LogP contribution in [0.3, 0.4) is 0 Å². The topological polar surface area (TPSA) is 117 Å². The number of carbonyl (C=O) groups is 1. The molecule has 0 aliphatic rings. The molecule has 0 unspecified atom stereocenters. The fourth-order valence-electron chi connectivity index (χ4n) is 2.27. The molecule has 164 valence electrons. The maximum Gasteiger partial charge on any atom is 0.241 e. The summed E-state index contributed by atoms with van der Waals surface area (Å²) in [4.78, 5) is 17.8. The molecule has 0 fully saturated rings. The van der Waals surface area contributed by atoms with Crippen molar-refractivity contribution in [3.63, 3.8) is 0 Å². The van der Waals surface area contributed by atoms with E-state index in [1.807, 2.05) is 18.2 Å². The van der Waals surface area contributed by atoms with E-state index in [2.05, 4.69) is 15.6 Å². The summed E-state index contributed by atoms with van der Waals surface area (Å²) >= 11 is 6.18. The zero-order valence-electron chi connectivity index (χ0n) is 16.6. The molecule has 2 rings (SSSR count). The van der Waals surface area contributed by atoms with Gasteiger partial charge in [0.05, 0.1) is 18.0 Å². The number of likely N-dealkylation sites (N-methyl/N-ethyl adjacent to an activating group) is 1. The molecule has 0 aliphatic carbocycles. The maximum atomic E-state index is 11.9. The van der Waals surface area contributed by atoms with Crippen molar-refractivity contribution in [2.75, 3.05) is 20.6 Å². The number of hydrogen-bond acceptors (Lipinski definition) is 4. The quantitative estimate of drug-likeness (QED) is 0.270. The molecular formula is C19H25ClIN5O3S. The second-order valence-electron chi connectivity index (χ2n) is 6.44. The van der Waals surface area contributed by atoms with Crippen LogP contribution in [0.2, 0.25) is 5.02 Å². The first-order valence-corrected chi connectivity index (χ1v) is 10.7. The second-order valence-corrected chi connectivity index (χ2v) is 8.41. The number of nitrogens with one attached hydrogen (secondary N) is 2. The van der Waals surface area contributed by atoms with Gasteiger partial charge in [-0.15, -0.1) is 24.0 Å². The van der Waals surface area contributed by atoms with Crippen LogP contribution in [-0.4, -0.2) is 45.8 Å². The van der Waals surface area contributed by atoms with E-state index in [1.165, 1.54) is 17.0 Å². The minimum atomic E-state index is -3.74. The summed E-state index contributed by atoms with van der Waals surface area (Å²) in [5.74, 6) is 0.324. The lowest BCUT2D eigenvalue weighted by molar-refractivity contribution is -0.127. The molecule has 8 nitrogen and oxygen atoms in total. The Balaban J connectivity index is 0.00000450. The summed E-state index contributed by atoms with van der Waals surface area (Å²) in [5, 5.41) is 11.9. The Hall–Kier alpha value is -1.89. The number of hydrogen-bond donors (Lipinski definition) is 3. The van der Waals surface area contributed by atoms with Crippen molar-refractivity contribution >= 4 is 57.5 Å². The number of nitrogens with zero attached hydrogens (tertiary/aromatic N) is 2. The highest BCUT2D eigenvalue weighted by atomic mass is 127. The van der Waals surface area contributed by atoms with Crippen LogP contribution in [-0.2, 0) is 27.9 Å². The number of benzene rings is 2. The Bertz CT molecular complexity index is 982. The number of carbonyl (C=O) groups excluding carboxylic acids is 1. The van der Waals surface area contributed by atoms with Gasteiger partial charge >= 0.3 is 0 Å². The first-order valence-electron chi connectivity index (χ1n) is 8.74. The monoisotopic (exact) mass is 565 g/mol. The van der Waals surface area contributed by atoms with Gasteiger partial charge in [0.15, 0.2) is 5.96 Å². The molecule has 0 radical (unpaired) electrons. The minimum Gasteiger partial charge on any atom is -0.352 e. The fourth-order valence-corrected chi connectivity index (χ4v) is 2.99. The Morgan fingerprint density at radius 1 is 1.10 bits per heavy atom. The van der Waals surface area contributed by atoms with Gasteiger partial charge in [-0.1, -0.05) is 41.9 Å². The van der Waals surface area contributed by atoms with Crippen LogP contribution >= 0.6 is 35.6 Å². The summed E-state index contributed by atoms with van der Waals surface area (Å²) in [6.07, 6.45) is 0. The van der Waals surface area contributed by atoms with E-state index in [4.69, 9.17) is 16.7 Å². The van der Waals surface area contributed by atoms with Crippen molar-refractivity contribution in [1.29, 1.82) is 0 Å². The number of guanidine groups is 1. The molecule has 0 atom stereocenters. The summed E-state index contributed by atoms with van der Waals surface area (Å²) in [6.45, 7) is 0.774. The highest BCUT2D eigenvalue weighted by Gasteiger charge is 2.08. The summed E-state index contributed by atoms with van der Waals surface area (Å²) in [7, 11) is -0.392. The molecule has 0 aromatic heterocycles. The first-order chi connectivity index (χ1) is 13.7. The highest BCUT2D eigenvalue weighted by Crippen LogP contribution is 2.14. The molecule has 0 heterocycles. The van der Waals surface area contributed by atoms with Gasteiger partial charge in [0, 0.05) is 25.7 Å². The summed E-state index contributed by atoms with van der Waals surface area (Å²) < 4.78 is 22.7. The van der Waals surface area contributed by atoms with Gasteiger partial charge in [-0.25, -0.2) is 18.5 Å². The third-order valence-corrected chi connectivity index (χ3v) is 5.28. The van der Waals surface area contributed by atoms with Crippen LogP contribution in [0.5, 0.6) is 0 Å². The van der Waals surface area contributed by atoms with Crippen molar-refractivity contribution in [3.8, 4) is 0 Å². The van der Waals surface area contributed by atoms with E-state index < -0.39 is 10.0 Å². The zero-order chi connectivity index (χ0) is 21.4. The lowest BCUT2D eigenvalue weighted by Gasteiger charge is -2.15. The Morgan fingerprint density at radius 2 is 1.73 bits per heavy atom. The number of halogens is 2. The molecule has 11 heteroatoms. The van der Waals surface area contributed by atoms with Crippen LogP contribution in [0.4, 0.5) is 0 Å². The number of amides is 1. The third kappa shape index (κ3) is 8.46. The van der Waals surface area contributed by atoms with E-state index in [1.54, 1.807) is 32.3 Å². The van der Waals surface area contributed by atoms with Gasteiger partial charge in [0.2, 0.25) is 15.9 Å². The number of primary sulfonamides is 1. The molecule has 0 saturated heterocycles. The summed E-state index contributed by atoms with van der Waals surface area (Å²) in [5.41, 5.74) is 1.68. The predicted molar refractivity (Wildman–Crippen MR) is 129 cm³/mol. The summed E-state index contributed by atoms with van der Waals surface area (Å²) in [6, 6.07) is 13.6. The Morgan fingerprint density at radius 3 is 2.30 bits per heavy atom. The molecule has 30 heavy (non-hydrogen) atoms.